The maximum atomic E-state index is 8.69. The summed E-state index contributed by atoms with van der Waals surface area (Å²) in [7, 11) is 0. The zero-order valence-corrected chi connectivity index (χ0v) is 10.8. The molecule has 0 spiro atoms. The maximum absolute atomic E-state index is 8.69. The maximum Gasteiger partial charge on any atom is 0.142 e. The van der Waals surface area contributed by atoms with Gasteiger partial charge in [-0.1, -0.05) is 24.9 Å². The molecule has 98 valence electrons. The van der Waals surface area contributed by atoms with Crippen LogP contribution in [0.1, 0.15) is 45.4 Å². The van der Waals surface area contributed by atoms with Crippen molar-refractivity contribution in [2.24, 2.45) is 22.7 Å². The van der Waals surface area contributed by atoms with Crippen molar-refractivity contribution in [3.63, 3.8) is 0 Å². The SMILES string of the molecule is CC1CCCC(N2CCC(C(N)=NO)CC2)C1. The molecular formula is C13H25N3O. The van der Waals surface area contributed by atoms with Crippen LogP contribution in [0.3, 0.4) is 0 Å². The van der Waals surface area contributed by atoms with Crippen LogP contribution in [-0.2, 0) is 0 Å². The van der Waals surface area contributed by atoms with Crippen molar-refractivity contribution < 1.29 is 5.21 Å². The molecular weight excluding hydrogens is 214 g/mol. The number of hydrogen-bond donors (Lipinski definition) is 2. The lowest BCUT2D eigenvalue weighted by Gasteiger charge is -2.40. The van der Waals surface area contributed by atoms with Gasteiger partial charge < -0.3 is 15.8 Å². The molecule has 3 N–H and O–H groups in total. The molecule has 0 radical (unpaired) electrons. The molecule has 1 aliphatic heterocycles. The minimum Gasteiger partial charge on any atom is -0.409 e. The van der Waals surface area contributed by atoms with Crippen molar-refractivity contribution in [2.45, 2.75) is 51.5 Å². The van der Waals surface area contributed by atoms with Gasteiger partial charge >= 0.3 is 0 Å². The zero-order valence-electron chi connectivity index (χ0n) is 10.8. The van der Waals surface area contributed by atoms with E-state index in [2.05, 4.69) is 17.0 Å². The number of piperidine rings is 1. The molecule has 0 aromatic heterocycles. The van der Waals surface area contributed by atoms with Gasteiger partial charge in [0.05, 0.1) is 0 Å². The third-order valence-electron chi connectivity index (χ3n) is 4.49. The average Bonchev–Trinajstić information content (AvgIpc) is 2.38. The van der Waals surface area contributed by atoms with E-state index in [1.807, 2.05) is 0 Å². The molecule has 2 rings (SSSR count). The van der Waals surface area contributed by atoms with E-state index in [4.69, 9.17) is 10.9 Å². The van der Waals surface area contributed by atoms with E-state index in [-0.39, 0.29) is 5.92 Å². The largest absolute Gasteiger partial charge is 0.409 e. The topological polar surface area (TPSA) is 61.8 Å². The molecule has 4 heteroatoms. The summed E-state index contributed by atoms with van der Waals surface area (Å²) in [5.74, 6) is 1.59. The molecule has 4 nitrogen and oxygen atoms in total. The van der Waals surface area contributed by atoms with Gasteiger partial charge in [-0.05, 0) is 44.7 Å². The van der Waals surface area contributed by atoms with Crippen LogP contribution >= 0.6 is 0 Å². The molecule has 1 heterocycles. The molecule has 2 fully saturated rings. The molecule has 1 aliphatic carbocycles. The quantitative estimate of drug-likeness (QED) is 0.335. The number of nitrogens with two attached hydrogens (primary N) is 1. The molecule has 2 aliphatic rings. The van der Waals surface area contributed by atoms with Crippen LogP contribution in [0, 0.1) is 11.8 Å². The summed E-state index contributed by atoms with van der Waals surface area (Å²) in [4.78, 5) is 2.62. The number of nitrogens with zero attached hydrogens (tertiary/aromatic N) is 2. The minimum atomic E-state index is 0.289. The summed E-state index contributed by atoms with van der Waals surface area (Å²) in [5.41, 5.74) is 5.68. The standard InChI is InChI=1S/C13H25N3O/c1-10-3-2-4-12(9-10)16-7-5-11(6-8-16)13(14)15-17/h10-12,17H,2-9H2,1H3,(H2,14,15). The fraction of sp³-hybridized carbons (Fsp3) is 0.923. The van der Waals surface area contributed by atoms with E-state index >= 15 is 0 Å². The second-order valence-electron chi connectivity index (χ2n) is 5.76. The lowest BCUT2D eigenvalue weighted by Crippen LogP contribution is -2.45. The predicted molar refractivity (Wildman–Crippen MR) is 69.1 cm³/mol. The Morgan fingerprint density at radius 2 is 1.94 bits per heavy atom. The highest BCUT2D eigenvalue weighted by atomic mass is 16.4. The molecule has 0 bridgehead atoms. The van der Waals surface area contributed by atoms with Crippen molar-refractivity contribution in [2.75, 3.05) is 13.1 Å². The summed E-state index contributed by atoms with van der Waals surface area (Å²) >= 11 is 0. The van der Waals surface area contributed by atoms with Crippen LogP contribution in [0.15, 0.2) is 5.16 Å². The fourth-order valence-corrected chi connectivity index (χ4v) is 3.38. The Morgan fingerprint density at radius 3 is 2.53 bits per heavy atom. The summed E-state index contributed by atoms with van der Waals surface area (Å²) in [5, 5.41) is 11.8. The normalized spacial score (nSPS) is 33.8. The van der Waals surface area contributed by atoms with Gasteiger partial charge in [-0.2, -0.15) is 0 Å². The Kier molecular flexibility index (Phi) is 4.26. The Labute approximate surface area is 104 Å². The lowest BCUT2D eigenvalue weighted by molar-refractivity contribution is 0.103. The van der Waals surface area contributed by atoms with Gasteiger partial charge in [-0.15, -0.1) is 0 Å². The molecule has 1 saturated carbocycles. The van der Waals surface area contributed by atoms with Crippen LogP contribution in [0.25, 0.3) is 0 Å². The Hall–Kier alpha value is -0.770. The first kappa shape index (κ1) is 12.7. The van der Waals surface area contributed by atoms with E-state index in [0.717, 1.165) is 37.9 Å². The van der Waals surface area contributed by atoms with Gasteiger partial charge in [0.2, 0.25) is 0 Å². The fourth-order valence-electron chi connectivity index (χ4n) is 3.38. The lowest BCUT2D eigenvalue weighted by atomic mass is 9.84. The minimum absolute atomic E-state index is 0.289. The van der Waals surface area contributed by atoms with Crippen LogP contribution < -0.4 is 5.73 Å². The zero-order chi connectivity index (χ0) is 12.3. The third-order valence-corrected chi connectivity index (χ3v) is 4.49. The van der Waals surface area contributed by atoms with Gasteiger partial charge in [0.25, 0.3) is 0 Å². The van der Waals surface area contributed by atoms with Crippen LogP contribution in [-0.4, -0.2) is 35.1 Å². The van der Waals surface area contributed by atoms with Crippen molar-refractivity contribution >= 4 is 5.84 Å². The summed E-state index contributed by atoms with van der Waals surface area (Å²) in [6.07, 6.45) is 7.58. The van der Waals surface area contributed by atoms with Crippen LogP contribution in [0.4, 0.5) is 0 Å². The van der Waals surface area contributed by atoms with Crippen molar-refractivity contribution in [3.05, 3.63) is 0 Å². The first-order valence-electron chi connectivity index (χ1n) is 6.92. The Bertz CT molecular complexity index is 272. The van der Waals surface area contributed by atoms with E-state index in [1.165, 1.54) is 25.7 Å². The molecule has 2 atom stereocenters. The van der Waals surface area contributed by atoms with Gasteiger partial charge in [-0.3, -0.25) is 0 Å². The van der Waals surface area contributed by atoms with Gasteiger partial charge in [0, 0.05) is 12.0 Å². The number of likely N-dealkylation sites (tertiary alicyclic amines) is 1. The molecule has 0 aromatic rings. The van der Waals surface area contributed by atoms with Gasteiger partial charge in [0.1, 0.15) is 5.84 Å². The number of rotatable bonds is 2. The van der Waals surface area contributed by atoms with E-state index < -0.39 is 0 Å². The Morgan fingerprint density at radius 1 is 1.24 bits per heavy atom. The van der Waals surface area contributed by atoms with Crippen molar-refractivity contribution in [1.82, 2.24) is 4.90 Å². The predicted octanol–water partition coefficient (Wildman–Crippen LogP) is 2.02. The monoisotopic (exact) mass is 239 g/mol. The molecule has 1 saturated heterocycles. The smallest absolute Gasteiger partial charge is 0.142 e. The Balaban J connectivity index is 1.82. The second kappa shape index (κ2) is 5.71. The highest BCUT2D eigenvalue weighted by molar-refractivity contribution is 5.82. The first-order valence-corrected chi connectivity index (χ1v) is 6.92. The average molecular weight is 239 g/mol. The third kappa shape index (κ3) is 3.12. The van der Waals surface area contributed by atoms with E-state index in [0.29, 0.717) is 5.84 Å². The number of amidine groups is 1. The summed E-state index contributed by atoms with van der Waals surface area (Å²) in [6.45, 7) is 4.59. The highest BCUT2D eigenvalue weighted by Gasteiger charge is 2.29. The van der Waals surface area contributed by atoms with Gasteiger partial charge in [0.15, 0.2) is 0 Å². The number of oxime groups is 1. The first-order chi connectivity index (χ1) is 8.20. The number of hydrogen-bond acceptors (Lipinski definition) is 3. The highest BCUT2D eigenvalue weighted by Crippen LogP contribution is 2.30. The molecule has 0 amide bonds. The van der Waals surface area contributed by atoms with E-state index in [9.17, 15) is 0 Å². The van der Waals surface area contributed by atoms with Crippen molar-refractivity contribution in [1.29, 1.82) is 0 Å². The second-order valence-corrected chi connectivity index (χ2v) is 5.76. The molecule has 17 heavy (non-hydrogen) atoms. The van der Waals surface area contributed by atoms with Crippen molar-refractivity contribution in [3.8, 4) is 0 Å². The van der Waals surface area contributed by atoms with Crippen LogP contribution in [0.2, 0.25) is 0 Å². The summed E-state index contributed by atoms with van der Waals surface area (Å²) in [6, 6.07) is 0.784. The van der Waals surface area contributed by atoms with Gasteiger partial charge in [-0.25, -0.2) is 0 Å². The van der Waals surface area contributed by atoms with E-state index in [1.54, 1.807) is 0 Å². The molecule has 0 aromatic carbocycles. The summed E-state index contributed by atoms with van der Waals surface area (Å²) < 4.78 is 0. The van der Waals surface area contributed by atoms with Crippen LogP contribution in [0.5, 0.6) is 0 Å². The molecule has 2 unspecified atom stereocenters.